The Morgan fingerprint density at radius 3 is 1.70 bits per heavy atom. The van der Waals surface area contributed by atoms with Crippen LogP contribution in [0.15, 0.2) is 131 Å². The SMILES string of the molecule is Cc1[nH]n(-c2cccc(S([NH3+])(=O)=O)c2)c(=O)c1N=Nc1cc([N+](=O)[O-])ccc1[O-].Cc1[nH]n(-c2ccccc2)c(=O)c1N=Nc1cc(S(N)(=O)=O)ccc1[O-].[Cr+3]. The molecule has 2 aromatic heterocycles. The van der Waals surface area contributed by atoms with Gasteiger partial charge in [-0.1, -0.05) is 47.9 Å². The molecule has 1 radical (unpaired) electrons. The number of sulfonamides is 2. The van der Waals surface area contributed by atoms with Crippen molar-refractivity contribution in [3.63, 3.8) is 0 Å². The van der Waals surface area contributed by atoms with Crippen LogP contribution in [0, 0.1) is 24.0 Å². The molecule has 0 saturated carbocycles. The van der Waals surface area contributed by atoms with Crippen LogP contribution < -0.4 is 31.6 Å². The molecule has 2 heterocycles. The molecule has 0 unspecified atom stereocenters. The van der Waals surface area contributed by atoms with Crippen LogP contribution in [0.2, 0.25) is 0 Å². The summed E-state index contributed by atoms with van der Waals surface area (Å²) >= 11 is 0. The number of non-ortho nitro benzene ring substituents is 1. The normalized spacial score (nSPS) is 11.6. The number of hydrogen-bond acceptors (Lipinski definition) is 14. The molecule has 56 heavy (non-hydrogen) atoms. The quantitative estimate of drug-likeness (QED) is 0.0935. The van der Waals surface area contributed by atoms with Crippen LogP contribution in [0.3, 0.4) is 0 Å². The fraction of sp³-hybridized carbons (Fsp3) is 0.0625. The molecular formula is C32H28CrN11O10S2+2. The molecule has 0 spiro atoms. The van der Waals surface area contributed by atoms with E-state index >= 15 is 0 Å². The summed E-state index contributed by atoms with van der Waals surface area (Å²) in [6.45, 7) is 3.16. The Balaban J connectivity index is 0.000000246. The Morgan fingerprint density at radius 1 is 0.679 bits per heavy atom. The summed E-state index contributed by atoms with van der Waals surface area (Å²) in [4.78, 5) is 35.0. The largest absolute Gasteiger partial charge is 3.00 e. The smallest absolute Gasteiger partial charge is 0.871 e. The third-order valence-corrected chi connectivity index (χ3v) is 9.34. The number of nitrogens with zero attached hydrogens (tertiary/aromatic N) is 7. The van der Waals surface area contributed by atoms with Gasteiger partial charge in [0.25, 0.3) is 16.8 Å². The molecule has 0 fully saturated rings. The number of para-hydroxylation sites is 1. The van der Waals surface area contributed by atoms with Crippen molar-refractivity contribution < 1.29 is 54.5 Å². The van der Waals surface area contributed by atoms with Crippen LogP contribution in [0.1, 0.15) is 11.4 Å². The molecule has 4 aromatic carbocycles. The monoisotopic (exact) mass is 842 g/mol. The number of primary sulfonamides is 1. The molecule has 0 amide bonds. The number of nitrogens with two attached hydrogens (primary N) is 1. The summed E-state index contributed by atoms with van der Waals surface area (Å²) in [6.07, 6.45) is 0. The van der Waals surface area contributed by atoms with Crippen LogP contribution in [0.5, 0.6) is 11.5 Å². The van der Waals surface area contributed by atoms with Crippen LogP contribution >= 0.6 is 0 Å². The van der Waals surface area contributed by atoms with E-state index in [0.29, 0.717) is 17.1 Å². The molecule has 0 bridgehead atoms. The number of nitrogens with one attached hydrogen (secondary N) is 2. The minimum Gasteiger partial charge on any atom is -0.871 e. The summed E-state index contributed by atoms with van der Waals surface area (Å²) in [7, 11) is -7.71. The second-order valence-electron chi connectivity index (χ2n) is 11.4. The topological polar surface area (TPSA) is 336 Å². The summed E-state index contributed by atoms with van der Waals surface area (Å²) < 4.78 is 48.4. The van der Waals surface area contributed by atoms with Gasteiger partial charge in [-0.15, -0.1) is 10.2 Å². The number of quaternary nitrogens is 1. The third kappa shape index (κ3) is 9.57. The van der Waals surface area contributed by atoms with Gasteiger partial charge in [-0.25, -0.2) is 28.1 Å². The number of benzene rings is 4. The van der Waals surface area contributed by atoms with Crippen LogP contribution in [-0.4, -0.2) is 41.3 Å². The number of hydrogen-bond donors (Lipinski definition) is 4. The second-order valence-corrected chi connectivity index (χ2v) is 14.6. The molecule has 0 aliphatic heterocycles. The molecule has 6 aromatic rings. The fourth-order valence-electron chi connectivity index (χ4n) is 4.73. The average Bonchev–Trinajstić information content (AvgIpc) is 3.59. The molecule has 0 atom stereocenters. The maximum Gasteiger partial charge on any atom is 3.00 e. The Morgan fingerprint density at radius 2 is 1.18 bits per heavy atom. The van der Waals surface area contributed by atoms with Gasteiger partial charge >= 0.3 is 27.4 Å². The molecular weight excluding hydrogens is 815 g/mol. The van der Waals surface area contributed by atoms with E-state index in [-0.39, 0.29) is 61.3 Å². The number of nitro benzene ring substituents is 1. The van der Waals surface area contributed by atoms with E-state index in [9.17, 15) is 46.8 Å². The zero-order chi connectivity index (χ0) is 40.2. The number of aromatic nitrogens is 4. The fourth-order valence-corrected chi connectivity index (χ4v) is 5.85. The number of aryl methyl sites for hydroxylation is 2. The van der Waals surface area contributed by atoms with Gasteiger partial charge in [0.1, 0.15) is 4.90 Å². The Hall–Kier alpha value is -6.55. The van der Waals surface area contributed by atoms with Gasteiger partial charge in [-0.2, -0.15) is 18.6 Å². The van der Waals surface area contributed by atoms with Gasteiger partial charge in [0.05, 0.1) is 44.0 Å². The molecule has 7 N–H and O–H groups in total. The van der Waals surface area contributed by atoms with E-state index in [1.54, 1.807) is 31.2 Å². The average molecular weight is 843 g/mol. The van der Waals surface area contributed by atoms with Crippen LogP contribution in [0.4, 0.5) is 28.4 Å². The summed E-state index contributed by atoms with van der Waals surface area (Å²) in [5.41, 5.74) is -0.529. The van der Waals surface area contributed by atoms with Crippen LogP contribution in [0.25, 0.3) is 11.4 Å². The van der Waals surface area contributed by atoms with Crippen molar-refractivity contribution in [1.29, 1.82) is 0 Å². The maximum absolute atomic E-state index is 12.7. The van der Waals surface area contributed by atoms with E-state index in [2.05, 4.69) is 35.8 Å². The molecule has 24 heteroatoms. The van der Waals surface area contributed by atoms with E-state index in [1.165, 1.54) is 35.9 Å². The standard InChI is InChI=1S/C16H14N6O6S.C16H15N5O4S.Cr/c1-9-15(19-18-13-8-11(22(25)26)5-6-14(13)23)16(24)21(20-9)10-3-2-4-12(7-10)29(17,27)28;1-10-15(16(23)21(20-10)11-5-3-2-4-6-11)19-18-13-9-12(26(17,24)25)7-8-14(13)22;/h2-8,20,23H,1H3,(H2,17,27,28);2-9,20,22H,1H3,(H2,17,24,25);/q;;+3/p-1. The van der Waals surface area contributed by atoms with Crippen molar-refractivity contribution in [3.8, 4) is 22.9 Å². The predicted molar refractivity (Wildman–Crippen MR) is 190 cm³/mol. The van der Waals surface area contributed by atoms with E-state index in [0.717, 1.165) is 41.1 Å². The molecule has 6 rings (SSSR count). The van der Waals surface area contributed by atoms with Gasteiger partial charge in [0, 0.05) is 12.1 Å². The zero-order valence-corrected chi connectivity index (χ0v) is 31.8. The molecule has 0 aliphatic carbocycles. The van der Waals surface area contributed by atoms with Gasteiger partial charge in [0.2, 0.25) is 10.0 Å². The number of rotatable bonds is 9. The van der Waals surface area contributed by atoms with Gasteiger partial charge in [-0.05, 0) is 56.3 Å². The first-order valence-corrected chi connectivity index (χ1v) is 18.5. The zero-order valence-electron chi connectivity index (χ0n) is 28.9. The Labute approximate surface area is 326 Å². The minimum absolute atomic E-state index is 0. The van der Waals surface area contributed by atoms with Crippen LogP contribution in [-0.2, 0) is 37.4 Å². The Bertz CT molecular complexity index is 2850. The van der Waals surface area contributed by atoms with Gasteiger partial charge in [0.15, 0.2) is 11.4 Å². The molecule has 0 aliphatic rings. The van der Waals surface area contributed by atoms with Crippen molar-refractivity contribution >= 4 is 48.5 Å². The first-order chi connectivity index (χ1) is 25.8. The molecule has 287 valence electrons. The first-order valence-electron chi connectivity index (χ1n) is 15.3. The Kier molecular flexibility index (Phi) is 12.7. The predicted octanol–water partition coefficient (Wildman–Crippen LogP) is 2.41. The minimum atomic E-state index is -3.99. The van der Waals surface area contributed by atoms with Gasteiger partial charge < -0.3 is 10.2 Å². The number of H-pyrrole nitrogens is 2. The number of nitro groups is 1. The first kappa shape index (κ1) is 42.2. The molecule has 0 saturated heterocycles. The summed E-state index contributed by atoms with van der Waals surface area (Å²) in [6, 6.07) is 20.5. The van der Waals surface area contributed by atoms with Gasteiger partial charge in [-0.3, -0.25) is 29.9 Å². The summed E-state index contributed by atoms with van der Waals surface area (Å²) in [5, 5.41) is 63.2. The van der Waals surface area contributed by atoms with E-state index in [1.807, 2.05) is 6.07 Å². The van der Waals surface area contributed by atoms with E-state index in [4.69, 9.17) is 5.14 Å². The van der Waals surface area contributed by atoms with Crippen molar-refractivity contribution in [3.05, 3.63) is 133 Å². The van der Waals surface area contributed by atoms with Crippen molar-refractivity contribution in [2.24, 2.45) is 25.6 Å². The molecule has 21 nitrogen and oxygen atoms in total. The summed E-state index contributed by atoms with van der Waals surface area (Å²) in [5.74, 6) is -1.14. The van der Waals surface area contributed by atoms with Crippen molar-refractivity contribution in [2.45, 2.75) is 23.6 Å². The van der Waals surface area contributed by atoms with Crippen molar-refractivity contribution in [1.82, 2.24) is 19.6 Å². The van der Waals surface area contributed by atoms with E-state index < -0.39 is 47.6 Å². The third-order valence-electron chi connectivity index (χ3n) is 7.46. The van der Waals surface area contributed by atoms with Crippen molar-refractivity contribution in [2.75, 3.05) is 0 Å². The number of azo groups is 2. The maximum atomic E-state index is 12.7. The number of aromatic amines is 2. The second kappa shape index (κ2) is 16.9.